The highest BCUT2D eigenvalue weighted by Gasteiger charge is 2.30. The van der Waals surface area contributed by atoms with E-state index in [1.807, 2.05) is 6.08 Å². The van der Waals surface area contributed by atoms with E-state index in [4.69, 9.17) is 0 Å². The molecule has 0 aromatic heterocycles. The van der Waals surface area contributed by atoms with Gasteiger partial charge in [0.25, 0.3) is 5.91 Å². The summed E-state index contributed by atoms with van der Waals surface area (Å²) in [5.41, 5.74) is -0.0450. The van der Waals surface area contributed by atoms with Crippen LogP contribution in [0, 0.1) is 5.92 Å². The first-order chi connectivity index (χ1) is 10.3. The molecule has 1 saturated heterocycles. The van der Waals surface area contributed by atoms with Crippen LogP contribution in [0.5, 0.6) is 0 Å². The first-order valence-corrected chi connectivity index (χ1v) is 6.76. The second kappa shape index (κ2) is 6.34. The van der Waals surface area contributed by atoms with Gasteiger partial charge in [-0.3, -0.25) is 4.79 Å². The van der Waals surface area contributed by atoms with Gasteiger partial charge in [0.05, 0.1) is 5.56 Å². The molecule has 1 aromatic carbocycles. The summed E-state index contributed by atoms with van der Waals surface area (Å²) in [7, 11) is 0. The highest BCUT2D eigenvalue weighted by atomic mass is 19.4. The summed E-state index contributed by atoms with van der Waals surface area (Å²) in [5, 5.41) is 0. The molecule has 0 unspecified atom stereocenters. The van der Waals surface area contributed by atoms with Crippen molar-refractivity contribution in [3.63, 3.8) is 0 Å². The Balaban J connectivity index is 1.96. The predicted molar refractivity (Wildman–Crippen MR) is 75.4 cm³/mol. The van der Waals surface area contributed by atoms with Crippen LogP contribution in [0.2, 0.25) is 0 Å². The Hall–Kier alpha value is -2.11. The molecule has 0 radical (unpaired) electrons. The predicted octanol–water partition coefficient (Wildman–Crippen LogP) is 4.05. The zero-order valence-electron chi connectivity index (χ0n) is 11.7. The molecule has 1 aliphatic rings. The Morgan fingerprint density at radius 1 is 1.27 bits per heavy atom. The van der Waals surface area contributed by atoms with Gasteiger partial charge < -0.3 is 4.90 Å². The third kappa shape index (κ3) is 3.96. The van der Waals surface area contributed by atoms with Gasteiger partial charge in [-0.25, -0.2) is 4.39 Å². The fourth-order valence-corrected chi connectivity index (χ4v) is 2.33. The van der Waals surface area contributed by atoms with E-state index < -0.39 is 23.5 Å². The number of alkyl halides is 3. The maximum absolute atomic E-state index is 12.8. The van der Waals surface area contributed by atoms with E-state index in [9.17, 15) is 22.4 Å². The maximum Gasteiger partial charge on any atom is 0.416 e. The summed E-state index contributed by atoms with van der Waals surface area (Å²) in [6, 6.07) is 4.83. The molecule has 2 nitrogen and oxygen atoms in total. The monoisotopic (exact) mass is 313 g/mol. The molecule has 0 aliphatic carbocycles. The number of likely N-dealkylation sites (tertiary alicyclic amines) is 1. The van der Waals surface area contributed by atoms with Crippen molar-refractivity contribution in [2.75, 3.05) is 13.1 Å². The first-order valence-electron chi connectivity index (χ1n) is 6.76. The van der Waals surface area contributed by atoms with E-state index in [2.05, 4.69) is 6.58 Å². The zero-order chi connectivity index (χ0) is 16.3. The minimum absolute atomic E-state index is 0.0607. The molecule has 6 heteroatoms. The van der Waals surface area contributed by atoms with Crippen LogP contribution in [-0.4, -0.2) is 23.9 Å². The van der Waals surface area contributed by atoms with Crippen LogP contribution in [0.3, 0.4) is 0 Å². The van der Waals surface area contributed by atoms with E-state index >= 15 is 0 Å². The lowest BCUT2D eigenvalue weighted by molar-refractivity contribution is -0.137. The Labute approximate surface area is 125 Å². The van der Waals surface area contributed by atoms with Crippen LogP contribution in [0.25, 0.3) is 6.08 Å². The second-order valence-electron chi connectivity index (χ2n) is 5.18. The van der Waals surface area contributed by atoms with Crippen LogP contribution in [-0.2, 0) is 11.0 Å². The van der Waals surface area contributed by atoms with E-state index in [-0.39, 0.29) is 5.92 Å². The molecule has 1 heterocycles. The number of carbonyl (C=O) groups excluding carboxylic acids is 1. The van der Waals surface area contributed by atoms with Crippen molar-refractivity contribution in [3.05, 3.63) is 53.9 Å². The molecule has 0 bridgehead atoms. The van der Waals surface area contributed by atoms with Gasteiger partial charge in [-0.2, -0.15) is 13.2 Å². The molecular weight excluding hydrogens is 298 g/mol. The lowest BCUT2D eigenvalue weighted by Gasteiger charge is -2.13. The lowest BCUT2D eigenvalue weighted by Crippen LogP contribution is -2.28. The minimum Gasteiger partial charge on any atom is -0.336 e. The van der Waals surface area contributed by atoms with E-state index in [0.29, 0.717) is 25.1 Å². The molecule has 1 atom stereocenters. The number of hydrogen-bond donors (Lipinski definition) is 0. The van der Waals surface area contributed by atoms with Gasteiger partial charge in [0.1, 0.15) is 0 Å². The first kappa shape index (κ1) is 16.3. The van der Waals surface area contributed by atoms with Crippen molar-refractivity contribution >= 4 is 12.0 Å². The average Bonchev–Trinajstić information content (AvgIpc) is 2.92. The SMILES string of the molecule is C=C(F)C(=O)N1CC[C@@H](/C=C/c2ccc(C(F)(F)F)cc2)C1. The summed E-state index contributed by atoms with van der Waals surface area (Å²) in [5.74, 6) is -1.62. The second-order valence-corrected chi connectivity index (χ2v) is 5.18. The molecule has 1 fully saturated rings. The zero-order valence-corrected chi connectivity index (χ0v) is 11.7. The topological polar surface area (TPSA) is 20.3 Å². The van der Waals surface area contributed by atoms with Crippen LogP contribution >= 0.6 is 0 Å². The molecule has 1 aromatic rings. The van der Waals surface area contributed by atoms with E-state index in [1.165, 1.54) is 17.0 Å². The smallest absolute Gasteiger partial charge is 0.336 e. The van der Waals surface area contributed by atoms with Crippen LogP contribution in [0.1, 0.15) is 17.5 Å². The number of rotatable bonds is 3. The number of carbonyl (C=O) groups is 1. The maximum atomic E-state index is 12.8. The highest BCUT2D eigenvalue weighted by Crippen LogP contribution is 2.29. The Morgan fingerprint density at radius 3 is 2.45 bits per heavy atom. The van der Waals surface area contributed by atoms with Crippen molar-refractivity contribution in [2.45, 2.75) is 12.6 Å². The van der Waals surface area contributed by atoms with Gasteiger partial charge in [-0.1, -0.05) is 30.9 Å². The largest absolute Gasteiger partial charge is 0.416 e. The van der Waals surface area contributed by atoms with Gasteiger partial charge in [0, 0.05) is 13.1 Å². The van der Waals surface area contributed by atoms with Gasteiger partial charge in [-0.05, 0) is 30.0 Å². The molecule has 2 rings (SSSR count). The Morgan fingerprint density at radius 2 is 1.91 bits per heavy atom. The quantitative estimate of drug-likeness (QED) is 0.609. The van der Waals surface area contributed by atoms with Gasteiger partial charge in [-0.15, -0.1) is 0 Å². The number of amides is 1. The summed E-state index contributed by atoms with van der Waals surface area (Å²) in [4.78, 5) is 12.8. The van der Waals surface area contributed by atoms with Gasteiger partial charge in [0.15, 0.2) is 5.83 Å². The normalized spacial score (nSPS) is 18.9. The standard InChI is InChI=1S/C16H15F4NO/c1-11(17)15(22)21-9-8-13(10-21)3-2-12-4-6-14(7-5-12)16(18,19)20/h2-7,13H,1,8-10H2/b3-2+/t13-/m1/s1. The lowest BCUT2D eigenvalue weighted by atomic mass is 10.1. The van der Waals surface area contributed by atoms with Crippen molar-refractivity contribution < 1.29 is 22.4 Å². The molecule has 118 valence electrons. The average molecular weight is 313 g/mol. The van der Waals surface area contributed by atoms with Crippen molar-refractivity contribution in [3.8, 4) is 0 Å². The molecule has 1 amide bonds. The summed E-state index contributed by atoms with van der Waals surface area (Å²) in [6.07, 6.45) is -0.112. The summed E-state index contributed by atoms with van der Waals surface area (Å²) >= 11 is 0. The fourth-order valence-electron chi connectivity index (χ4n) is 2.33. The van der Waals surface area contributed by atoms with E-state index in [0.717, 1.165) is 12.1 Å². The third-order valence-electron chi connectivity index (χ3n) is 3.54. The van der Waals surface area contributed by atoms with Crippen LogP contribution < -0.4 is 0 Å². The summed E-state index contributed by atoms with van der Waals surface area (Å²) in [6.45, 7) is 3.81. The van der Waals surface area contributed by atoms with Crippen molar-refractivity contribution in [1.82, 2.24) is 4.90 Å². The van der Waals surface area contributed by atoms with Crippen LogP contribution in [0.4, 0.5) is 17.6 Å². The number of benzene rings is 1. The summed E-state index contributed by atoms with van der Waals surface area (Å²) < 4.78 is 50.1. The molecule has 0 spiro atoms. The van der Waals surface area contributed by atoms with Gasteiger partial charge in [0.2, 0.25) is 0 Å². The Kier molecular flexibility index (Phi) is 4.68. The fraction of sp³-hybridized carbons (Fsp3) is 0.312. The highest BCUT2D eigenvalue weighted by molar-refractivity contribution is 5.90. The molecule has 22 heavy (non-hydrogen) atoms. The number of halogens is 4. The third-order valence-corrected chi connectivity index (χ3v) is 3.54. The van der Waals surface area contributed by atoms with Crippen LogP contribution in [0.15, 0.2) is 42.7 Å². The number of hydrogen-bond acceptors (Lipinski definition) is 1. The van der Waals surface area contributed by atoms with Crippen molar-refractivity contribution in [2.24, 2.45) is 5.92 Å². The number of nitrogens with zero attached hydrogens (tertiary/aromatic N) is 1. The van der Waals surface area contributed by atoms with Gasteiger partial charge >= 0.3 is 6.18 Å². The molecule has 0 N–H and O–H groups in total. The van der Waals surface area contributed by atoms with Crippen molar-refractivity contribution in [1.29, 1.82) is 0 Å². The Bertz CT molecular complexity index is 589. The molecule has 1 aliphatic heterocycles. The minimum atomic E-state index is -4.34. The molecular formula is C16H15F4NO. The molecule has 0 saturated carbocycles. The van der Waals surface area contributed by atoms with E-state index in [1.54, 1.807) is 6.08 Å².